The van der Waals surface area contributed by atoms with E-state index in [9.17, 15) is 9.59 Å². The van der Waals surface area contributed by atoms with Crippen LogP contribution in [0.4, 0.5) is 17.3 Å². The number of rotatable bonds is 6. The van der Waals surface area contributed by atoms with Gasteiger partial charge in [-0.15, -0.1) is 0 Å². The molecule has 0 unspecified atom stereocenters. The Morgan fingerprint density at radius 3 is 2.65 bits per heavy atom. The van der Waals surface area contributed by atoms with E-state index in [0.717, 1.165) is 47.8 Å². The molecule has 2 aromatic carbocycles. The van der Waals surface area contributed by atoms with Gasteiger partial charge >= 0.3 is 0 Å². The van der Waals surface area contributed by atoms with Crippen LogP contribution in [0.15, 0.2) is 54.7 Å². The Labute approximate surface area is 198 Å². The van der Waals surface area contributed by atoms with E-state index in [2.05, 4.69) is 30.8 Å². The van der Waals surface area contributed by atoms with Gasteiger partial charge in [-0.05, 0) is 56.3 Å². The maximum atomic E-state index is 12.5. The Kier molecular flexibility index (Phi) is 6.49. The maximum absolute atomic E-state index is 12.5. The minimum absolute atomic E-state index is 0.0707. The molecular weight excluding hydrogens is 428 g/mol. The van der Waals surface area contributed by atoms with Gasteiger partial charge in [-0.2, -0.15) is 0 Å². The van der Waals surface area contributed by atoms with Gasteiger partial charge in [-0.3, -0.25) is 9.59 Å². The number of fused-ring (bicyclic) bond motifs is 3. The van der Waals surface area contributed by atoms with Crippen LogP contribution in [0.25, 0.3) is 11.3 Å². The third-order valence-electron chi connectivity index (χ3n) is 6.24. The highest BCUT2D eigenvalue weighted by Gasteiger charge is 2.20. The van der Waals surface area contributed by atoms with E-state index < -0.39 is 0 Å². The predicted molar refractivity (Wildman–Crippen MR) is 132 cm³/mol. The van der Waals surface area contributed by atoms with Crippen molar-refractivity contribution in [2.75, 3.05) is 36.8 Å². The molecule has 2 aliphatic rings. The van der Waals surface area contributed by atoms with Gasteiger partial charge in [0.1, 0.15) is 0 Å². The molecule has 1 aromatic heterocycles. The van der Waals surface area contributed by atoms with Gasteiger partial charge < -0.3 is 20.9 Å². The van der Waals surface area contributed by atoms with Gasteiger partial charge in [0.25, 0.3) is 5.91 Å². The highest BCUT2D eigenvalue weighted by molar-refractivity contribution is 6.00. The second kappa shape index (κ2) is 10.0. The van der Waals surface area contributed by atoms with Crippen molar-refractivity contribution in [1.82, 2.24) is 20.2 Å². The largest absolute Gasteiger partial charge is 0.351 e. The first-order valence-corrected chi connectivity index (χ1v) is 11.8. The first kappa shape index (κ1) is 22.0. The molecule has 0 bridgehead atoms. The van der Waals surface area contributed by atoms with Gasteiger partial charge in [0.05, 0.1) is 17.8 Å². The summed E-state index contributed by atoms with van der Waals surface area (Å²) in [6.07, 6.45) is 5.72. The lowest BCUT2D eigenvalue weighted by atomic mass is 10.1. The fraction of sp³-hybridized carbons (Fsp3) is 0.308. The van der Waals surface area contributed by atoms with Gasteiger partial charge in [0.2, 0.25) is 11.9 Å². The SMILES string of the molecule is O=C1Cc2cnc(Nc3ccc(C(=O)NCCN4CCCCC4)cc3)nc2-c2ccccc2N1. The summed E-state index contributed by atoms with van der Waals surface area (Å²) in [6, 6.07) is 14.9. The number of para-hydroxylation sites is 1. The Hall–Kier alpha value is -3.78. The van der Waals surface area contributed by atoms with Crippen LogP contribution in [0.1, 0.15) is 35.2 Å². The smallest absolute Gasteiger partial charge is 0.251 e. The van der Waals surface area contributed by atoms with Gasteiger partial charge in [-0.25, -0.2) is 9.97 Å². The zero-order valence-corrected chi connectivity index (χ0v) is 19.0. The molecule has 0 radical (unpaired) electrons. The molecule has 3 N–H and O–H groups in total. The fourth-order valence-corrected chi connectivity index (χ4v) is 4.44. The number of aromatic nitrogens is 2. The molecule has 0 saturated carbocycles. The molecule has 5 rings (SSSR count). The molecule has 8 nitrogen and oxygen atoms in total. The standard InChI is InChI=1S/C26H28N6O2/c33-23-16-19-17-28-26(31-24(19)21-6-2-3-7-22(21)30-23)29-20-10-8-18(9-11-20)25(34)27-12-15-32-13-4-1-5-14-32/h2-3,6-11,17H,1,4-5,12-16H2,(H,27,34)(H,30,33)(H,28,29,31). The highest BCUT2D eigenvalue weighted by Crippen LogP contribution is 2.32. The molecule has 174 valence electrons. The fourth-order valence-electron chi connectivity index (χ4n) is 4.44. The molecule has 1 saturated heterocycles. The van der Waals surface area contributed by atoms with Crippen molar-refractivity contribution in [3.63, 3.8) is 0 Å². The Morgan fingerprint density at radius 1 is 1.03 bits per heavy atom. The highest BCUT2D eigenvalue weighted by atomic mass is 16.2. The summed E-state index contributed by atoms with van der Waals surface area (Å²) in [5.74, 6) is 0.278. The van der Waals surface area contributed by atoms with Crippen molar-refractivity contribution in [3.8, 4) is 11.3 Å². The van der Waals surface area contributed by atoms with Gasteiger partial charge in [0.15, 0.2) is 0 Å². The van der Waals surface area contributed by atoms with Crippen LogP contribution in [-0.2, 0) is 11.2 Å². The summed E-state index contributed by atoms with van der Waals surface area (Å²) < 4.78 is 0. The minimum Gasteiger partial charge on any atom is -0.351 e. The predicted octanol–water partition coefficient (Wildman–Crippen LogP) is 3.60. The number of anilines is 3. The minimum atomic E-state index is -0.0831. The van der Waals surface area contributed by atoms with Gasteiger partial charge in [0, 0.05) is 41.7 Å². The first-order valence-electron chi connectivity index (χ1n) is 11.8. The van der Waals surface area contributed by atoms with Crippen LogP contribution in [0.3, 0.4) is 0 Å². The zero-order chi connectivity index (χ0) is 23.3. The second-order valence-electron chi connectivity index (χ2n) is 8.70. The van der Waals surface area contributed by atoms with E-state index in [1.807, 2.05) is 36.4 Å². The average Bonchev–Trinajstić information content (AvgIpc) is 3.00. The number of likely N-dealkylation sites (tertiary alicyclic amines) is 1. The normalized spacial score (nSPS) is 15.5. The van der Waals surface area contributed by atoms with Crippen molar-refractivity contribution >= 4 is 29.1 Å². The van der Waals surface area contributed by atoms with Crippen LogP contribution in [-0.4, -0.2) is 52.9 Å². The Morgan fingerprint density at radius 2 is 1.82 bits per heavy atom. The number of hydrogen-bond donors (Lipinski definition) is 3. The molecule has 1 fully saturated rings. The lowest BCUT2D eigenvalue weighted by Gasteiger charge is -2.26. The molecule has 8 heteroatoms. The summed E-state index contributed by atoms with van der Waals surface area (Å²) in [4.78, 5) is 36.2. The Bertz CT molecular complexity index is 1190. The number of nitrogens with zero attached hydrogens (tertiary/aromatic N) is 3. The molecule has 3 heterocycles. The number of amides is 2. The summed E-state index contributed by atoms with van der Waals surface area (Å²) in [5, 5.41) is 9.13. The molecule has 3 aromatic rings. The number of piperidine rings is 1. The van der Waals surface area contributed by atoms with E-state index in [4.69, 9.17) is 0 Å². The lowest BCUT2D eigenvalue weighted by molar-refractivity contribution is -0.115. The van der Waals surface area contributed by atoms with E-state index in [0.29, 0.717) is 18.1 Å². The number of carbonyl (C=O) groups excluding carboxylic acids is 2. The van der Waals surface area contributed by atoms with E-state index in [1.165, 1.54) is 19.3 Å². The average molecular weight is 457 g/mol. The first-order chi connectivity index (χ1) is 16.7. The molecule has 34 heavy (non-hydrogen) atoms. The van der Waals surface area contributed by atoms with Crippen molar-refractivity contribution < 1.29 is 9.59 Å². The van der Waals surface area contributed by atoms with Crippen LogP contribution < -0.4 is 16.0 Å². The van der Waals surface area contributed by atoms with Crippen molar-refractivity contribution in [2.45, 2.75) is 25.7 Å². The summed E-state index contributed by atoms with van der Waals surface area (Å²) in [5.41, 5.74) is 4.52. The summed E-state index contributed by atoms with van der Waals surface area (Å²) >= 11 is 0. The molecule has 0 atom stereocenters. The van der Waals surface area contributed by atoms with Crippen LogP contribution in [0.5, 0.6) is 0 Å². The molecule has 0 spiro atoms. The molecule has 0 aliphatic carbocycles. The number of nitrogens with one attached hydrogen (secondary N) is 3. The maximum Gasteiger partial charge on any atom is 0.251 e. The summed E-state index contributed by atoms with van der Waals surface area (Å²) in [6.45, 7) is 3.80. The van der Waals surface area contributed by atoms with Crippen molar-refractivity contribution in [1.29, 1.82) is 0 Å². The molecular formula is C26H28N6O2. The van der Waals surface area contributed by atoms with E-state index in [1.54, 1.807) is 18.3 Å². The van der Waals surface area contributed by atoms with Crippen LogP contribution in [0.2, 0.25) is 0 Å². The van der Waals surface area contributed by atoms with E-state index in [-0.39, 0.29) is 18.2 Å². The van der Waals surface area contributed by atoms with Crippen molar-refractivity contribution in [2.24, 2.45) is 0 Å². The third-order valence-corrected chi connectivity index (χ3v) is 6.24. The van der Waals surface area contributed by atoms with Crippen LogP contribution in [0, 0.1) is 0 Å². The number of benzene rings is 2. The zero-order valence-electron chi connectivity index (χ0n) is 19.0. The quantitative estimate of drug-likeness (QED) is 0.524. The summed E-state index contributed by atoms with van der Waals surface area (Å²) in [7, 11) is 0. The molecule has 2 amide bonds. The van der Waals surface area contributed by atoms with Gasteiger partial charge in [-0.1, -0.05) is 24.6 Å². The third kappa shape index (κ3) is 5.07. The van der Waals surface area contributed by atoms with Crippen LogP contribution >= 0.6 is 0 Å². The Balaban J connectivity index is 1.24. The molecule has 2 aliphatic heterocycles. The van der Waals surface area contributed by atoms with E-state index >= 15 is 0 Å². The van der Waals surface area contributed by atoms with Crippen molar-refractivity contribution in [3.05, 3.63) is 65.9 Å². The lowest BCUT2D eigenvalue weighted by Crippen LogP contribution is -2.37. The monoisotopic (exact) mass is 456 g/mol. The number of hydrogen-bond acceptors (Lipinski definition) is 6. The second-order valence-corrected chi connectivity index (χ2v) is 8.70. The number of carbonyl (C=O) groups is 2. The topological polar surface area (TPSA) is 99.2 Å².